The molecule has 0 aliphatic carbocycles. The van der Waals surface area contributed by atoms with E-state index in [0.717, 1.165) is 0 Å². The van der Waals surface area contributed by atoms with E-state index >= 15 is 0 Å². The van der Waals surface area contributed by atoms with Gasteiger partial charge >= 0.3 is 5.97 Å². The average Bonchev–Trinajstić information content (AvgIpc) is 2.14. The first kappa shape index (κ1) is 14.0. The van der Waals surface area contributed by atoms with Crippen LogP contribution < -0.4 is 5.32 Å². The predicted molar refractivity (Wildman–Crippen MR) is 59.2 cm³/mol. The molecule has 4 nitrogen and oxygen atoms in total. The quantitative estimate of drug-likeness (QED) is 0.532. The van der Waals surface area contributed by atoms with E-state index in [-0.39, 0.29) is 24.0 Å². The van der Waals surface area contributed by atoms with E-state index in [4.69, 9.17) is 5.11 Å². The van der Waals surface area contributed by atoms with E-state index in [9.17, 15) is 4.79 Å². The van der Waals surface area contributed by atoms with Crippen LogP contribution in [-0.4, -0.2) is 30.8 Å². The van der Waals surface area contributed by atoms with E-state index in [1.807, 2.05) is 0 Å². The molecule has 0 amide bonds. The summed E-state index contributed by atoms with van der Waals surface area (Å²) in [4.78, 5) is 10.8. The van der Waals surface area contributed by atoms with Gasteiger partial charge in [-0.1, -0.05) is 20.8 Å². The average molecular weight is 215 g/mol. The summed E-state index contributed by atoms with van der Waals surface area (Å²) in [6.45, 7) is 6.35. The van der Waals surface area contributed by atoms with Crippen molar-refractivity contribution >= 4 is 5.97 Å². The summed E-state index contributed by atoms with van der Waals surface area (Å²) in [5.74, 6) is -0.390. The van der Waals surface area contributed by atoms with Crippen molar-refractivity contribution in [1.82, 2.24) is 5.32 Å². The molecular formula is C11H21NO3. The number of aliphatic hydroxyl groups is 1. The summed E-state index contributed by atoms with van der Waals surface area (Å²) in [5, 5.41) is 12.0. The highest BCUT2D eigenvalue weighted by atomic mass is 16.5. The van der Waals surface area contributed by atoms with Crippen LogP contribution in [0, 0.1) is 5.41 Å². The Kier molecular flexibility index (Phi) is 6.01. The molecule has 0 spiro atoms. The summed E-state index contributed by atoms with van der Waals surface area (Å²) in [6.07, 6.45) is 3.54. The SMILES string of the molecule is COC(=O)/C=C/NC(CCO)C(C)(C)C. The van der Waals surface area contributed by atoms with Gasteiger partial charge in [-0.25, -0.2) is 4.79 Å². The van der Waals surface area contributed by atoms with E-state index in [1.165, 1.54) is 13.2 Å². The first-order valence-corrected chi connectivity index (χ1v) is 5.03. The van der Waals surface area contributed by atoms with E-state index in [1.54, 1.807) is 6.20 Å². The highest BCUT2D eigenvalue weighted by Gasteiger charge is 2.22. The maximum Gasteiger partial charge on any atom is 0.331 e. The van der Waals surface area contributed by atoms with Crippen LogP contribution in [-0.2, 0) is 9.53 Å². The van der Waals surface area contributed by atoms with Crippen LogP contribution in [0.5, 0.6) is 0 Å². The van der Waals surface area contributed by atoms with E-state index in [0.29, 0.717) is 6.42 Å². The minimum Gasteiger partial charge on any atom is -0.466 e. The number of rotatable bonds is 5. The molecule has 2 N–H and O–H groups in total. The molecule has 0 aromatic carbocycles. The van der Waals surface area contributed by atoms with Crippen LogP contribution in [0.25, 0.3) is 0 Å². The van der Waals surface area contributed by atoms with Crippen molar-refractivity contribution < 1.29 is 14.6 Å². The Morgan fingerprint density at radius 2 is 2.13 bits per heavy atom. The highest BCUT2D eigenvalue weighted by Crippen LogP contribution is 2.21. The van der Waals surface area contributed by atoms with Crippen LogP contribution in [0.3, 0.4) is 0 Å². The minimum atomic E-state index is -0.390. The summed E-state index contributed by atoms with van der Waals surface area (Å²) < 4.78 is 4.46. The lowest BCUT2D eigenvalue weighted by molar-refractivity contribution is -0.134. The van der Waals surface area contributed by atoms with Gasteiger partial charge in [0.15, 0.2) is 0 Å². The van der Waals surface area contributed by atoms with Crippen LogP contribution in [0.4, 0.5) is 0 Å². The molecular weight excluding hydrogens is 194 g/mol. The van der Waals surface area contributed by atoms with Crippen molar-refractivity contribution in [3.8, 4) is 0 Å². The van der Waals surface area contributed by atoms with Gasteiger partial charge in [0.25, 0.3) is 0 Å². The van der Waals surface area contributed by atoms with Gasteiger partial charge in [0.1, 0.15) is 0 Å². The number of hydrogen-bond donors (Lipinski definition) is 2. The fraction of sp³-hybridized carbons (Fsp3) is 0.727. The highest BCUT2D eigenvalue weighted by molar-refractivity contribution is 5.81. The summed E-state index contributed by atoms with van der Waals surface area (Å²) in [7, 11) is 1.33. The number of carbonyl (C=O) groups is 1. The number of esters is 1. The van der Waals surface area contributed by atoms with Crippen molar-refractivity contribution in [2.45, 2.75) is 33.2 Å². The maximum atomic E-state index is 10.8. The second-order valence-electron chi connectivity index (χ2n) is 4.45. The number of carbonyl (C=O) groups excluding carboxylic acids is 1. The minimum absolute atomic E-state index is 0.0309. The van der Waals surface area contributed by atoms with Gasteiger partial charge in [-0.2, -0.15) is 0 Å². The third kappa shape index (κ3) is 6.12. The largest absolute Gasteiger partial charge is 0.466 e. The molecule has 0 aliphatic rings. The standard InChI is InChI=1S/C11H21NO3/c1-11(2,3)9(6-8-13)12-7-5-10(14)15-4/h5,7,9,12-13H,6,8H2,1-4H3/b7-5+. The molecule has 0 radical (unpaired) electrons. The molecule has 0 fully saturated rings. The van der Waals surface area contributed by atoms with Crippen molar-refractivity contribution in [1.29, 1.82) is 0 Å². The lowest BCUT2D eigenvalue weighted by Gasteiger charge is -2.30. The van der Waals surface area contributed by atoms with E-state index in [2.05, 4.69) is 30.8 Å². The van der Waals surface area contributed by atoms with Crippen molar-refractivity contribution in [2.75, 3.05) is 13.7 Å². The number of aliphatic hydroxyl groups excluding tert-OH is 1. The Morgan fingerprint density at radius 3 is 2.53 bits per heavy atom. The molecule has 4 heteroatoms. The third-order valence-corrected chi connectivity index (χ3v) is 2.18. The molecule has 0 rings (SSSR count). The fourth-order valence-corrected chi connectivity index (χ4v) is 1.20. The maximum absolute atomic E-state index is 10.8. The lowest BCUT2D eigenvalue weighted by Crippen LogP contribution is -2.38. The topological polar surface area (TPSA) is 58.6 Å². The van der Waals surface area contributed by atoms with Gasteiger partial charge in [0.05, 0.1) is 7.11 Å². The van der Waals surface area contributed by atoms with Crippen LogP contribution in [0.15, 0.2) is 12.3 Å². The number of nitrogens with one attached hydrogen (secondary N) is 1. The second-order valence-corrected chi connectivity index (χ2v) is 4.45. The number of methoxy groups -OCH3 is 1. The molecule has 0 aromatic heterocycles. The zero-order chi connectivity index (χ0) is 11.9. The Hall–Kier alpha value is -1.03. The van der Waals surface area contributed by atoms with Gasteiger partial charge < -0.3 is 15.2 Å². The molecule has 0 saturated heterocycles. The molecule has 0 bridgehead atoms. The van der Waals surface area contributed by atoms with Gasteiger partial charge in [-0.05, 0) is 11.8 Å². The molecule has 0 heterocycles. The van der Waals surface area contributed by atoms with Crippen LogP contribution in [0.1, 0.15) is 27.2 Å². The third-order valence-electron chi connectivity index (χ3n) is 2.18. The number of ether oxygens (including phenoxy) is 1. The Labute approximate surface area is 91.3 Å². The zero-order valence-electron chi connectivity index (χ0n) is 9.91. The molecule has 0 saturated carbocycles. The van der Waals surface area contributed by atoms with Crippen LogP contribution >= 0.6 is 0 Å². The Balaban J connectivity index is 4.19. The summed E-state index contributed by atoms with van der Waals surface area (Å²) >= 11 is 0. The van der Waals surface area contributed by atoms with Crippen molar-refractivity contribution in [2.24, 2.45) is 5.41 Å². The van der Waals surface area contributed by atoms with Gasteiger partial charge in [-0.3, -0.25) is 0 Å². The Bertz CT molecular complexity index is 218. The monoisotopic (exact) mass is 215 g/mol. The second kappa shape index (κ2) is 6.45. The fourth-order valence-electron chi connectivity index (χ4n) is 1.20. The smallest absolute Gasteiger partial charge is 0.331 e. The van der Waals surface area contributed by atoms with E-state index < -0.39 is 0 Å². The lowest BCUT2D eigenvalue weighted by atomic mass is 9.85. The number of hydrogen-bond acceptors (Lipinski definition) is 4. The van der Waals surface area contributed by atoms with Gasteiger partial charge in [0.2, 0.25) is 0 Å². The van der Waals surface area contributed by atoms with Crippen LogP contribution in [0.2, 0.25) is 0 Å². The summed E-state index contributed by atoms with van der Waals surface area (Å²) in [6, 6.07) is 0.128. The Morgan fingerprint density at radius 1 is 1.53 bits per heavy atom. The molecule has 0 aliphatic heterocycles. The van der Waals surface area contributed by atoms with Gasteiger partial charge in [-0.15, -0.1) is 0 Å². The predicted octanol–water partition coefficient (Wildman–Crippen LogP) is 1.06. The molecule has 1 atom stereocenters. The molecule has 0 aromatic rings. The first-order chi connectivity index (χ1) is 6.91. The van der Waals surface area contributed by atoms with Crippen molar-refractivity contribution in [3.05, 3.63) is 12.3 Å². The summed E-state index contributed by atoms with van der Waals surface area (Å²) in [5.41, 5.74) is 0.0309. The normalized spacial score (nSPS) is 13.9. The zero-order valence-corrected chi connectivity index (χ0v) is 9.91. The van der Waals surface area contributed by atoms with Gasteiger partial charge in [0, 0.05) is 24.9 Å². The molecule has 15 heavy (non-hydrogen) atoms. The first-order valence-electron chi connectivity index (χ1n) is 5.03. The van der Waals surface area contributed by atoms with Crippen molar-refractivity contribution in [3.63, 3.8) is 0 Å². The molecule has 88 valence electrons. The molecule has 1 unspecified atom stereocenters.